The predicted octanol–water partition coefficient (Wildman–Crippen LogP) is 4.88. The summed E-state index contributed by atoms with van der Waals surface area (Å²) in [5.74, 6) is 0.316. The smallest absolute Gasteiger partial charge is 0.267 e. The van der Waals surface area contributed by atoms with E-state index >= 15 is 0 Å². The van der Waals surface area contributed by atoms with Crippen molar-refractivity contribution in [2.45, 2.75) is 39.5 Å². The Morgan fingerprint density at radius 1 is 1.03 bits per heavy atom. The highest BCUT2D eigenvalue weighted by molar-refractivity contribution is 7.92. The minimum Gasteiger partial charge on any atom is -0.439 e. The molecule has 2 aromatic carbocycles. The molecule has 1 N–H and O–H groups in total. The molecule has 2 heterocycles. The fourth-order valence-electron chi connectivity index (χ4n) is 4.34. The molecule has 1 amide bonds. The van der Waals surface area contributed by atoms with E-state index in [-0.39, 0.29) is 22.6 Å². The van der Waals surface area contributed by atoms with Gasteiger partial charge in [0, 0.05) is 49.1 Å². The number of benzene rings is 2. The molecular weight excluding hydrogens is 516 g/mol. The monoisotopic (exact) mass is 548 g/mol. The Balaban J connectivity index is 1.79. The molecule has 0 bridgehead atoms. The maximum Gasteiger partial charge on any atom is 0.267 e. The van der Waals surface area contributed by atoms with Gasteiger partial charge in [0.05, 0.1) is 11.9 Å². The lowest BCUT2D eigenvalue weighted by molar-refractivity contribution is 0.0772. The van der Waals surface area contributed by atoms with E-state index in [9.17, 15) is 13.2 Å². The molecule has 0 aliphatic rings. The number of sulfonamides is 1. The van der Waals surface area contributed by atoms with Gasteiger partial charge in [-0.1, -0.05) is 24.3 Å². The number of hydrogen-bond acceptors (Lipinski definition) is 7. The van der Waals surface area contributed by atoms with Crippen LogP contribution >= 0.6 is 0 Å². The summed E-state index contributed by atoms with van der Waals surface area (Å²) in [5.41, 5.74) is 4.44. The number of nitrogens with one attached hydrogen (secondary N) is 1. The number of carbonyl (C=O) groups is 1. The first kappa shape index (κ1) is 27.8. The summed E-state index contributed by atoms with van der Waals surface area (Å²) in [5, 5.41) is 3.94. The molecular formula is C28H32N6O4S. The highest BCUT2D eigenvalue weighted by Gasteiger charge is 2.22. The van der Waals surface area contributed by atoms with Crippen LogP contribution in [0.5, 0.6) is 11.6 Å². The lowest BCUT2D eigenvalue weighted by atomic mass is 10.00. The van der Waals surface area contributed by atoms with Crippen LogP contribution in [-0.4, -0.2) is 52.1 Å². The van der Waals surface area contributed by atoms with Crippen LogP contribution in [0.4, 0.5) is 5.95 Å². The molecule has 4 rings (SSSR count). The Kier molecular flexibility index (Phi) is 8.01. The van der Waals surface area contributed by atoms with E-state index in [1.54, 1.807) is 36.2 Å². The standard InChI is InChI=1S/C28H32N6O4S/c1-7-34(8-2)27(35)22-13-10-14-24(20(22)5)38-25-15-23(26-18(3)11-9-12-19(26)4)30-28(31-25)32-39(36,37)21-16-29-33(6)17-21/h9-17H,7-8H2,1-6H3,(H,30,31,32). The summed E-state index contributed by atoms with van der Waals surface area (Å²) >= 11 is 0. The Morgan fingerprint density at radius 2 is 1.69 bits per heavy atom. The van der Waals surface area contributed by atoms with Gasteiger partial charge in [-0.05, 0) is 57.9 Å². The van der Waals surface area contributed by atoms with Gasteiger partial charge in [0.25, 0.3) is 15.9 Å². The third-order valence-corrected chi connectivity index (χ3v) is 7.72. The summed E-state index contributed by atoms with van der Waals surface area (Å²) in [6.45, 7) is 10.8. The van der Waals surface area contributed by atoms with Crippen LogP contribution in [0.2, 0.25) is 0 Å². The van der Waals surface area contributed by atoms with Crippen molar-refractivity contribution in [3.8, 4) is 22.9 Å². The van der Waals surface area contributed by atoms with Crippen molar-refractivity contribution < 1.29 is 17.9 Å². The number of aryl methyl sites for hydroxylation is 3. The number of anilines is 1. The van der Waals surface area contributed by atoms with Gasteiger partial charge in [-0.25, -0.2) is 18.1 Å². The number of carbonyl (C=O) groups excluding carboxylic acids is 1. The first-order chi connectivity index (χ1) is 18.5. The molecule has 0 radical (unpaired) electrons. The summed E-state index contributed by atoms with van der Waals surface area (Å²) in [6.07, 6.45) is 2.63. The summed E-state index contributed by atoms with van der Waals surface area (Å²) in [6, 6.07) is 12.8. The molecule has 0 aliphatic carbocycles. The van der Waals surface area contributed by atoms with Crippen molar-refractivity contribution in [3.63, 3.8) is 0 Å². The first-order valence-corrected chi connectivity index (χ1v) is 14.1. The van der Waals surface area contributed by atoms with Crippen molar-refractivity contribution in [2.75, 3.05) is 17.8 Å². The van der Waals surface area contributed by atoms with E-state index in [1.807, 2.05) is 52.8 Å². The molecule has 0 atom stereocenters. The normalized spacial score (nSPS) is 11.3. The number of ether oxygens (including phenoxy) is 1. The Bertz CT molecular complexity index is 1610. The topological polar surface area (TPSA) is 119 Å². The average molecular weight is 549 g/mol. The second kappa shape index (κ2) is 11.2. The fourth-order valence-corrected chi connectivity index (χ4v) is 5.26. The molecule has 4 aromatic rings. The molecule has 0 unspecified atom stereocenters. The molecule has 0 fully saturated rings. The second-order valence-corrected chi connectivity index (χ2v) is 10.8. The van der Waals surface area contributed by atoms with Crippen LogP contribution in [0.1, 0.15) is 40.9 Å². The lowest BCUT2D eigenvalue weighted by Crippen LogP contribution is -2.31. The Labute approximate surface area is 228 Å². The van der Waals surface area contributed by atoms with Gasteiger partial charge in [-0.3, -0.25) is 9.48 Å². The number of nitrogens with zero attached hydrogens (tertiary/aromatic N) is 5. The molecule has 204 valence electrons. The zero-order valence-electron chi connectivity index (χ0n) is 22.9. The highest BCUT2D eigenvalue weighted by atomic mass is 32.2. The molecule has 0 saturated heterocycles. The summed E-state index contributed by atoms with van der Waals surface area (Å²) in [4.78, 5) is 23.7. The maximum atomic E-state index is 13.1. The van der Waals surface area contributed by atoms with E-state index in [4.69, 9.17) is 4.74 Å². The first-order valence-electron chi connectivity index (χ1n) is 12.6. The van der Waals surface area contributed by atoms with Gasteiger partial charge in [0.1, 0.15) is 10.6 Å². The number of hydrogen-bond donors (Lipinski definition) is 1. The van der Waals surface area contributed by atoms with E-state index in [1.165, 1.54) is 17.1 Å². The SMILES string of the molecule is CCN(CC)C(=O)c1cccc(Oc2cc(-c3c(C)cccc3C)nc(NS(=O)(=O)c3cnn(C)c3)n2)c1C. The van der Waals surface area contributed by atoms with E-state index in [0.717, 1.165) is 16.7 Å². The number of rotatable bonds is 9. The molecule has 0 spiro atoms. The van der Waals surface area contributed by atoms with E-state index in [0.29, 0.717) is 35.7 Å². The number of amides is 1. The zero-order valence-corrected chi connectivity index (χ0v) is 23.7. The third-order valence-electron chi connectivity index (χ3n) is 6.44. The van der Waals surface area contributed by atoms with Gasteiger partial charge in [-0.2, -0.15) is 10.1 Å². The molecule has 10 nitrogen and oxygen atoms in total. The highest BCUT2D eigenvalue weighted by Crippen LogP contribution is 2.32. The molecule has 39 heavy (non-hydrogen) atoms. The van der Waals surface area contributed by atoms with Gasteiger partial charge < -0.3 is 9.64 Å². The second-order valence-electron chi connectivity index (χ2n) is 9.15. The lowest BCUT2D eigenvalue weighted by Gasteiger charge is -2.20. The third kappa shape index (κ3) is 5.93. The molecule has 2 aromatic heterocycles. The molecule has 11 heteroatoms. The summed E-state index contributed by atoms with van der Waals surface area (Å²) in [7, 11) is -2.38. The van der Waals surface area contributed by atoms with Gasteiger partial charge >= 0.3 is 0 Å². The quantitative estimate of drug-likeness (QED) is 0.317. The van der Waals surface area contributed by atoms with Crippen molar-refractivity contribution in [2.24, 2.45) is 7.05 Å². The largest absolute Gasteiger partial charge is 0.439 e. The van der Waals surface area contributed by atoms with Crippen molar-refractivity contribution >= 4 is 21.9 Å². The maximum absolute atomic E-state index is 13.1. The van der Waals surface area contributed by atoms with E-state index < -0.39 is 10.0 Å². The van der Waals surface area contributed by atoms with Gasteiger partial charge in [0.15, 0.2) is 0 Å². The minimum atomic E-state index is -4.01. The molecule has 0 aliphatic heterocycles. The Hall–Kier alpha value is -4.25. The van der Waals surface area contributed by atoms with Crippen LogP contribution < -0.4 is 9.46 Å². The van der Waals surface area contributed by atoms with Crippen LogP contribution in [0.15, 0.2) is 59.8 Å². The van der Waals surface area contributed by atoms with Crippen LogP contribution in [0.25, 0.3) is 11.3 Å². The fraction of sp³-hybridized carbons (Fsp3) is 0.286. The zero-order chi connectivity index (χ0) is 28.3. The van der Waals surface area contributed by atoms with Crippen LogP contribution in [0, 0.1) is 20.8 Å². The number of aromatic nitrogens is 4. The van der Waals surface area contributed by atoms with Gasteiger partial charge in [-0.15, -0.1) is 0 Å². The Morgan fingerprint density at radius 3 is 2.31 bits per heavy atom. The molecule has 0 saturated carbocycles. The average Bonchev–Trinajstić information content (AvgIpc) is 3.33. The van der Waals surface area contributed by atoms with E-state index in [2.05, 4.69) is 19.8 Å². The van der Waals surface area contributed by atoms with Crippen molar-refractivity contribution in [1.29, 1.82) is 0 Å². The van der Waals surface area contributed by atoms with Gasteiger partial charge in [0.2, 0.25) is 11.8 Å². The predicted molar refractivity (Wildman–Crippen MR) is 149 cm³/mol. The van der Waals surface area contributed by atoms with Crippen LogP contribution in [0.3, 0.4) is 0 Å². The van der Waals surface area contributed by atoms with Crippen molar-refractivity contribution in [1.82, 2.24) is 24.6 Å². The minimum absolute atomic E-state index is 0.0213. The summed E-state index contributed by atoms with van der Waals surface area (Å²) < 4.78 is 36.1. The van der Waals surface area contributed by atoms with Crippen LogP contribution in [-0.2, 0) is 17.1 Å². The van der Waals surface area contributed by atoms with Crippen molar-refractivity contribution in [3.05, 3.63) is 77.1 Å².